The largest absolute Gasteiger partial charge is 0.480 e. The number of rotatable bonds is 26. The molecule has 1 fully saturated rings. The van der Waals surface area contributed by atoms with E-state index in [1.165, 1.54) is 9.80 Å². The molecule has 2 heterocycles. The fourth-order valence-corrected chi connectivity index (χ4v) is 7.05. The number of carboxylic acids is 1. The Bertz CT molecular complexity index is 1860. The van der Waals surface area contributed by atoms with Gasteiger partial charge in [-0.3, -0.25) is 48.5 Å². The lowest BCUT2D eigenvalue weighted by atomic mass is 10.0. The van der Waals surface area contributed by atoms with Gasteiger partial charge in [-0.2, -0.15) is 0 Å². The molecule has 0 bridgehead atoms. The van der Waals surface area contributed by atoms with Crippen LogP contribution in [0.2, 0.25) is 0 Å². The lowest BCUT2D eigenvalue weighted by Crippen LogP contribution is -2.56. The van der Waals surface area contributed by atoms with Crippen molar-refractivity contribution < 1.29 is 48.3 Å². The summed E-state index contributed by atoms with van der Waals surface area (Å²) in [4.78, 5) is 122. The third kappa shape index (κ3) is 16.3. The molecule has 4 atom stereocenters. The average Bonchev–Trinajstić information content (AvgIpc) is 3.84. The third-order valence-electron chi connectivity index (χ3n) is 9.98. The van der Waals surface area contributed by atoms with E-state index in [1.54, 1.807) is 6.20 Å². The molecule has 2 unspecified atom stereocenters. The van der Waals surface area contributed by atoms with Gasteiger partial charge in [-0.1, -0.05) is 65.7 Å². The van der Waals surface area contributed by atoms with Crippen molar-refractivity contribution in [3.63, 3.8) is 0 Å². The Balaban J connectivity index is 1.69. The lowest BCUT2D eigenvalue weighted by molar-refractivity contribution is -0.146. The zero-order valence-electron chi connectivity index (χ0n) is 35.9. The predicted octanol–water partition coefficient (Wildman–Crippen LogP) is 0.126. The number of hydrogen-bond donors (Lipinski definition) is 8. The SMILES string of the molecule is CCCC[C@H](NC(=O)CNC(=O)C1CC(=O)CN1)C(=O)NCC(=O)N[C@@H](CC(C)C)C(=O)N(CCC)CC(=O)NC(Cc1c[nH]c2ccccc12)C(=O)N(CCC)CC(=O)O. The van der Waals surface area contributed by atoms with Crippen molar-refractivity contribution in [1.29, 1.82) is 0 Å². The van der Waals surface area contributed by atoms with E-state index >= 15 is 0 Å². The number of H-pyrrole nitrogens is 1. The second kappa shape index (κ2) is 25.0. The van der Waals surface area contributed by atoms with Crippen molar-refractivity contribution >= 4 is 64.0 Å². The minimum absolute atomic E-state index is 0.0259. The zero-order valence-corrected chi connectivity index (χ0v) is 35.9. The molecule has 8 N–H and O–H groups in total. The maximum Gasteiger partial charge on any atom is 0.323 e. The zero-order chi connectivity index (χ0) is 45.1. The second-order valence-electron chi connectivity index (χ2n) is 15.7. The molecule has 1 saturated heterocycles. The Hall–Kier alpha value is -5.85. The number of carbonyl (C=O) groups is 9. The van der Waals surface area contributed by atoms with E-state index in [2.05, 4.69) is 36.9 Å². The number of Topliss-reactive ketones (excluding diaryl/α,β-unsaturated/α-hetero) is 1. The van der Waals surface area contributed by atoms with E-state index in [9.17, 15) is 48.3 Å². The summed E-state index contributed by atoms with van der Waals surface area (Å²) in [7, 11) is 0. The van der Waals surface area contributed by atoms with Crippen LogP contribution in [0.4, 0.5) is 0 Å². The number of aromatic nitrogens is 1. The summed E-state index contributed by atoms with van der Waals surface area (Å²) in [5.74, 6) is -5.63. The highest BCUT2D eigenvalue weighted by Crippen LogP contribution is 2.20. The molecular formula is C42H63N9O10. The van der Waals surface area contributed by atoms with Gasteiger partial charge in [0, 0.05) is 43.0 Å². The van der Waals surface area contributed by atoms with Crippen molar-refractivity contribution in [3.8, 4) is 0 Å². The fraction of sp³-hybridized carbons (Fsp3) is 0.595. The first-order valence-electron chi connectivity index (χ1n) is 21.1. The Morgan fingerprint density at radius 1 is 0.787 bits per heavy atom. The van der Waals surface area contributed by atoms with E-state index in [-0.39, 0.29) is 57.0 Å². The first kappa shape index (κ1) is 49.5. The molecule has 0 aliphatic carbocycles. The number of nitrogens with zero attached hydrogens (tertiary/aromatic N) is 2. The second-order valence-corrected chi connectivity index (χ2v) is 15.7. The monoisotopic (exact) mass is 853 g/mol. The minimum Gasteiger partial charge on any atom is -0.480 e. The van der Waals surface area contributed by atoms with Gasteiger partial charge in [-0.05, 0) is 43.2 Å². The van der Waals surface area contributed by atoms with Crippen LogP contribution in [0.1, 0.15) is 85.1 Å². The normalized spacial score (nSPS) is 15.0. The molecule has 7 amide bonds. The van der Waals surface area contributed by atoms with Crippen molar-refractivity contribution in [3.05, 3.63) is 36.0 Å². The van der Waals surface area contributed by atoms with E-state index in [4.69, 9.17) is 0 Å². The molecule has 0 spiro atoms. The molecule has 61 heavy (non-hydrogen) atoms. The summed E-state index contributed by atoms with van der Waals surface area (Å²) in [6, 6.07) is 3.46. The summed E-state index contributed by atoms with van der Waals surface area (Å²) in [6.07, 6.45) is 4.51. The fourth-order valence-electron chi connectivity index (χ4n) is 7.05. The highest BCUT2D eigenvalue weighted by atomic mass is 16.4. The molecule has 1 aliphatic rings. The van der Waals surface area contributed by atoms with Crippen molar-refractivity contribution in [2.45, 2.75) is 110 Å². The molecule has 1 aromatic heterocycles. The van der Waals surface area contributed by atoms with Gasteiger partial charge in [0.1, 0.15) is 30.5 Å². The van der Waals surface area contributed by atoms with Crippen LogP contribution in [0, 0.1) is 5.92 Å². The molecule has 1 aromatic carbocycles. The summed E-state index contributed by atoms with van der Waals surface area (Å²) in [5, 5.41) is 26.2. The molecule has 19 heteroatoms. The predicted molar refractivity (Wildman–Crippen MR) is 226 cm³/mol. The molecule has 0 saturated carbocycles. The highest BCUT2D eigenvalue weighted by Gasteiger charge is 2.32. The quantitative estimate of drug-likeness (QED) is 0.0630. The Kier molecular flexibility index (Phi) is 20.3. The number of benzene rings is 1. The Morgan fingerprint density at radius 3 is 2.00 bits per heavy atom. The van der Waals surface area contributed by atoms with Gasteiger partial charge < -0.3 is 46.5 Å². The molecule has 0 radical (unpaired) electrons. The number of fused-ring (bicyclic) bond motifs is 1. The standard InChI is InChI=1S/C42H63N9O10/c1-6-9-13-31(47-35(53)22-46-40(59)32-19-28(52)21-44-32)39(58)45-23-36(54)48-33(17-26(4)5)41(60)50(15-7-2)24-37(55)49-34(42(61)51(16-8-3)25-38(56)57)18-27-20-43-30-14-11-10-12-29(27)30/h10-12,14,20,26,31-34,43-44H,6-9,13,15-19,21-25H2,1-5H3,(H,45,58)(H,46,59)(H,47,53)(H,48,54)(H,49,55)(H,56,57)/t31-,32?,33-,34?/m0/s1. The molecular weight excluding hydrogens is 791 g/mol. The number of aromatic amines is 1. The number of carboxylic acid groups (broad SMARTS) is 1. The van der Waals surface area contributed by atoms with Gasteiger partial charge in [0.15, 0.2) is 0 Å². The number of ketones is 1. The van der Waals surface area contributed by atoms with Crippen molar-refractivity contribution in [1.82, 2.24) is 46.7 Å². The lowest BCUT2D eigenvalue weighted by Gasteiger charge is -2.30. The topological polar surface area (TPSA) is 268 Å². The summed E-state index contributed by atoms with van der Waals surface area (Å²) < 4.78 is 0. The molecule has 1 aliphatic heterocycles. The minimum atomic E-state index is -1.20. The first-order chi connectivity index (χ1) is 29.1. The average molecular weight is 854 g/mol. The van der Waals surface area contributed by atoms with Gasteiger partial charge in [-0.25, -0.2) is 0 Å². The highest BCUT2D eigenvalue weighted by molar-refractivity contribution is 5.97. The number of para-hydroxylation sites is 1. The van der Waals surface area contributed by atoms with E-state index < -0.39 is 97.7 Å². The molecule has 336 valence electrons. The van der Waals surface area contributed by atoms with E-state index in [0.717, 1.165) is 16.5 Å². The number of amides is 7. The smallest absolute Gasteiger partial charge is 0.323 e. The summed E-state index contributed by atoms with van der Waals surface area (Å²) >= 11 is 0. The van der Waals surface area contributed by atoms with E-state index in [1.807, 2.05) is 58.9 Å². The number of nitrogens with one attached hydrogen (secondary N) is 7. The van der Waals surface area contributed by atoms with Crippen LogP contribution < -0.4 is 31.9 Å². The number of hydrogen-bond acceptors (Lipinski definition) is 10. The maximum absolute atomic E-state index is 14.1. The van der Waals surface area contributed by atoms with Gasteiger partial charge in [0.2, 0.25) is 41.4 Å². The van der Waals surface area contributed by atoms with Crippen LogP contribution in [-0.2, 0) is 49.6 Å². The van der Waals surface area contributed by atoms with Crippen molar-refractivity contribution in [2.75, 3.05) is 45.8 Å². The van der Waals surface area contributed by atoms with Crippen LogP contribution in [-0.4, -0.2) is 143 Å². The van der Waals surface area contributed by atoms with Gasteiger partial charge in [0.25, 0.3) is 0 Å². The van der Waals surface area contributed by atoms with Crippen LogP contribution in [0.5, 0.6) is 0 Å². The maximum atomic E-state index is 14.1. The molecule has 2 aromatic rings. The summed E-state index contributed by atoms with van der Waals surface area (Å²) in [6.45, 7) is 7.68. The van der Waals surface area contributed by atoms with Gasteiger partial charge in [0.05, 0.1) is 32.2 Å². The van der Waals surface area contributed by atoms with E-state index in [0.29, 0.717) is 25.7 Å². The number of carbonyl (C=O) groups excluding carboxylic acids is 8. The molecule has 19 nitrogen and oxygen atoms in total. The van der Waals surface area contributed by atoms with Crippen LogP contribution >= 0.6 is 0 Å². The van der Waals surface area contributed by atoms with Crippen LogP contribution in [0.25, 0.3) is 10.9 Å². The molecule has 3 rings (SSSR count). The first-order valence-corrected chi connectivity index (χ1v) is 21.1. The van der Waals surface area contributed by atoms with Crippen LogP contribution in [0.3, 0.4) is 0 Å². The van der Waals surface area contributed by atoms with Crippen LogP contribution in [0.15, 0.2) is 30.5 Å². The number of aliphatic carboxylic acids is 1. The summed E-state index contributed by atoms with van der Waals surface area (Å²) in [5.41, 5.74) is 1.55. The van der Waals surface area contributed by atoms with Crippen molar-refractivity contribution in [2.24, 2.45) is 5.92 Å². The Labute approximate surface area is 356 Å². The Morgan fingerprint density at radius 2 is 1.39 bits per heavy atom. The van der Waals surface area contributed by atoms with Gasteiger partial charge in [-0.15, -0.1) is 0 Å². The third-order valence-corrected chi connectivity index (χ3v) is 9.98. The number of unbranched alkanes of at least 4 members (excludes halogenated alkanes) is 1. The van der Waals surface area contributed by atoms with Gasteiger partial charge >= 0.3 is 5.97 Å².